The van der Waals surface area contributed by atoms with E-state index in [0.29, 0.717) is 21.5 Å². The molecule has 0 atom stereocenters. The van der Waals surface area contributed by atoms with Gasteiger partial charge in [-0.05, 0) is 25.5 Å². The Balaban J connectivity index is 2.22. The van der Waals surface area contributed by atoms with Crippen LogP contribution in [0.1, 0.15) is 25.5 Å². The molecule has 2 rings (SSSR count). The highest BCUT2D eigenvalue weighted by Crippen LogP contribution is 2.28. The van der Waals surface area contributed by atoms with Gasteiger partial charge in [-0.2, -0.15) is 0 Å². The zero-order valence-electron chi connectivity index (χ0n) is 11.4. The van der Waals surface area contributed by atoms with Crippen molar-refractivity contribution in [1.29, 1.82) is 0 Å². The number of nitrogens with zero attached hydrogens (tertiary/aromatic N) is 3. The zero-order chi connectivity index (χ0) is 15.6. The lowest BCUT2D eigenvalue weighted by atomic mass is 10.2. The first-order valence-corrected chi connectivity index (χ1v) is 7.49. The molecule has 0 amide bonds. The number of nitro groups is 1. The monoisotopic (exact) mass is 328 g/mol. The van der Waals surface area contributed by atoms with Gasteiger partial charge in [0.25, 0.3) is 5.69 Å². The minimum absolute atomic E-state index is 0.0155. The molecule has 1 aromatic carbocycles. The van der Waals surface area contributed by atoms with Crippen LogP contribution in [0.2, 0.25) is 5.02 Å². The average molecular weight is 329 g/mol. The van der Waals surface area contributed by atoms with Crippen molar-refractivity contribution in [2.75, 3.05) is 0 Å². The Bertz CT molecular complexity index is 726. The van der Waals surface area contributed by atoms with Gasteiger partial charge in [0.15, 0.2) is 5.16 Å². The van der Waals surface area contributed by atoms with Crippen molar-refractivity contribution in [3.63, 3.8) is 0 Å². The van der Waals surface area contributed by atoms with Gasteiger partial charge in [0.2, 0.25) is 0 Å². The molecule has 0 saturated heterocycles. The highest BCUT2D eigenvalue weighted by atomic mass is 35.5. The smallest absolute Gasteiger partial charge is 0.268 e. The van der Waals surface area contributed by atoms with Crippen LogP contribution in [0.3, 0.4) is 0 Å². The molecule has 0 aliphatic rings. The molecule has 1 N–H and O–H groups in total. The van der Waals surface area contributed by atoms with Crippen molar-refractivity contribution in [2.45, 2.75) is 30.8 Å². The number of nitrogens with one attached hydrogen (secondary N) is 1. The van der Waals surface area contributed by atoms with Crippen molar-refractivity contribution >= 4 is 29.1 Å². The zero-order valence-corrected chi connectivity index (χ0v) is 12.9. The molecule has 0 aliphatic heterocycles. The number of hydrogen-bond donors (Lipinski definition) is 1. The molecule has 0 fully saturated rings. The fraction of sp³-hybridized carbons (Fsp3) is 0.333. The number of benzene rings is 1. The van der Waals surface area contributed by atoms with E-state index in [9.17, 15) is 14.9 Å². The molecule has 7 nitrogen and oxygen atoms in total. The molecule has 0 bridgehead atoms. The van der Waals surface area contributed by atoms with Gasteiger partial charge in [-0.1, -0.05) is 23.4 Å². The van der Waals surface area contributed by atoms with Crippen molar-refractivity contribution < 1.29 is 4.92 Å². The van der Waals surface area contributed by atoms with Gasteiger partial charge in [0, 0.05) is 29.0 Å². The second-order valence-corrected chi connectivity index (χ2v) is 5.95. The van der Waals surface area contributed by atoms with E-state index >= 15 is 0 Å². The summed E-state index contributed by atoms with van der Waals surface area (Å²) in [5.41, 5.74) is 0.331. The summed E-state index contributed by atoms with van der Waals surface area (Å²) in [6.45, 7) is 3.75. The first-order chi connectivity index (χ1) is 9.90. The highest BCUT2D eigenvalue weighted by Gasteiger charge is 2.14. The summed E-state index contributed by atoms with van der Waals surface area (Å²) in [6, 6.07) is 4.25. The Morgan fingerprint density at radius 1 is 1.52 bits per heavy atom. The number of hydrogen-bond acceptors (Lipinski definition) is 5. The summed E-state index contributed by atoms with van der Waals surface area (Å²) < 4.78 is 1.52. The van der Waals surface area contributed by atoms with Crippen LogP contribution in [0.4, 0.5) is 5.69 Å². The number of rotatable bonds is 5. The van der Waals surface area contributed by atoms with Crippen LogP contribution < -0.4 is 5.69 Å². The standard InChI is InChI=1S/C12H13ClN4O3S/c1-7(2)16-11(18)14-15-12(16)21-6-8-5-9(17(19)20)3-4-10(8)13/h3-5,7H,6H2,1-2H3,(H,14,18). The fourth-order valence-electron chi connectivity index (χ4n) is 1.78. The lowest BCUT2D eigenvalue weighted by molar-refractivity contribution is -0.384. The van der Waals surface area contributed by atoms with Crippen LogP contribution in [0.5, 0.6) is 0 Å². The number of halogens is 1. The first kappa shape index (κ1) is 15.6. The number of aromatic amines is 1. The third-order valence-electron chi connectivity index (χ3n) is 2.79. The molecule has 2 aromatic rings. The molecule has 21 heavy (non-hydrogen) atoms. The Labute approximate surface area is 129 Å². The molecule has 1 heterocycles. The normalized spacial score (nSPS) is 11.0. The van der Waals surface area contributed by atoms with Gasteiger partial charge in [-0.25, -0.2) is 9.89 Å². The van der Waals surface area contributed by atoms with E-state index in [1.807, 2.05) is 13.8 Å². The SMILES string of the molecule is CC(C)n1c(SCc2cc([N+](=O)[O-])ccc2Cl)n[nH]c1=O. The quantitative estimate of drug-likeness (QED) is 0.517. The van der Waals surface area contributed by atoms with Crippen molar-refractivity contribution in [3.8, 4) is 0 Å². The van der Waals surface area contributed by atoms with Gasteiger partial charge in [-0.3, -0.25) is 14.7 Å². The topological polar surface area (TPSA) is 93.8 Å². The fourth-order valence-corrected chi connectivity index (χ4v) is 3.11. The maximum absolute atomic E-state index is 11.6. The molecular weight excluding hydrogens is 316 g/mol. The van der Waals surface area contributed by atoms with E-state index in [1.165, 1.54) is 34.5 Å². The molecule has 0 saturated carbocycles. The largest absolute Gasteiger partial charge is 0.344 e. The Morgan fingerprint density at radius 3 is 2.86 bits per heavy atom. The average Bonchev–Trinajstić information content (AvgIpc) is 2.78. The van der Waals surface area contributed by atoms with Crippen molar-refractivity contribution in [3.05, 3.63) is 49.4 Å². The number of non-ortho nitro benzene ring substituents is 1. The van der Waals surface area contributed by atoms with E-state index in [0.717, 1.165) is 0 Å². The number of H-pyrrole nitrogens is 1. The van der Waals surface area contributed by atoms with E-state index in [4.69, 9.17) is 11.6 Å². The third kappa shape index (κ3) is 3.45. The van der Waals surface area contributed by atoms with Gasteiger partial charge in [-0.15, -0.1) is 5.10 Å². The van der Waals surface area contributed by atoms with Crippen LogP contribution in [0.15, 0.2) is 28.2 Å². The van der Waals surface area contributed by atoms with Crippen LogP contribution in [-0.4, -0.2) is 19.7 Å². The predicted octanol–water partition coefficient (Wildman–Crippen LogP) is 3.01. The van der Waals surface area contributed by atoms with Gasteiger partial charge in [0.1, 0.15) is 0 Å². The Hall–Kier alpha value is -1.80. The number of nitro benzene ring substituents is 1. The summed E-state index contributed by atoms with van der Waals surface area (Å²) in [5, 5.41) is 18.1. The van der Waals surface area contributed by atoms with Crippen LogP contribution in [0.25, 0.3) is 0 Å². The summed E-state index contributed by atoms with van der Waals surface area (Å²) in [4.78, 5) is 21.9. The minimum Gasteiger partial charge on any atom is -0.268 e. The maximum atomic E-state index is 11.6. The van der Waals surface area contributed by atoms with Crippen molar-refractivity contribution in [1.82, 2.24) is 14.8 Å². The van der Waals surface area contributed by atoms with Crippen molar-refractivity contribution in [2.24, 2.45) is 0 Å². The molecule has 1 aromatic heterocycles. The van der Waals surface area contributed by atoms with Crippen LogP contribution in [-0.2, 0) is 5.75 Å². The maximum Gasteiger partial charge on any atom is 0.344 e. The first-order valence-electron chi connectivity index (χ1n) is 6.12. The predicted molar refractivity (Wildman–Crippen MR) is 80.9 cm³/mol. The van der Waals surface area contributed by atoms with E-state index in [2.05, 4.69) is 10.2 Å². The third-order valence-corrected chi connectivity index (χ3v) is 4.16. The molecule has 112 valence electrons. The van der Waals surface area contributed by atoms with Gasteiger partial charge in [0.05, 0.1) is 4.92 Å². The van der Waals surface area contributed by atoms with Gasteiger partial charge < -0.3 is 0 Å². The highest BCUT2D eigenvalue weighted by molar-refractivity contribution is 7.98. The molecule has 9 heteroatoms. The molecular formula is C12H13ClN4O3S. The summed E-state index contributed by atoms with van der Waals surface area (Å²) >= 11 is 7.34. The van der Waals surface area contributed by atoms with Gasteiger partial charge >= 0.3 is 5.69 Å². The Kier molecular flexibility index (Phi) is 4.69. The Morgan fingerprint density at radius 2 is 2.24 bits per heavy atom. The van der Waals surface area contributed by atoms with Crippen LogP contribution >= 0.6 is 23.4 Å². The van der Waals surface area contributed by atoms with E-state index in [1.54, 1.807) is 0 Å². The number of thioether (sulfide) groups is 1. The molecule has 0 aliphatic carbocycles. The van der Waals surface area contributed by atoms with E-state index in [-0.39, 0.29) is 17.4 Å². The second-order valence-electron chi connectivity index (χ2n) is 4.60. The summed E-state index contributed by atoms with van der Waals surface area (Å²) in [7, 11) is 0. The summed E-state index contributed by atoms with van der Waals surface area (Å²) in [6.07, 6.45) is 0. The minimum atomic E-state index is -0.469. The molecule has 0 radical (unpaired) electrons. The molecule has 0 unspecified atom stereocenters. The summed E-state index contributed by atoms with van der Waals surface area (Å²) in [5.74, 6) is 0.386. The lowest BCUT2D eigenvalue weighted by Gasteiger charge is -2.09. The van der Waals surface area contributed by atoms with Crippen LogP contribution in [0, 0.1) is 10.1 Å². The second kappa shape index (κ2) is 6.31. The number of aromatic nitrogens is 3. The molecule has 0 spiro atoms. The van der Waals surface area contributed by atoms with E-state index < -0.39 is 4.92 Å². The lowest BCUT2D eigenvalue weighted by Crippen LogP contribution is -2.19.